The van der Waals surface area contributed by atoms with Crippen LogP contribution < -0.4 is 15.8 Å². The Morgan fingerprint density at radius 3 is 2.71 bits per heavy atom. The normalized spacial score (nSPS) is 13.8. The second-order valence-corrected chi connectivity index (χ2v) is 5.61. The van der Waals surface area contributed by atoms with E-state index in [2.05, 4.69) is 10.2 Å². The number of benzene rings is 1. The fraction of sp³-hybridized carbons (Fsp3) is 0.562. The zero-order valence-electron chi connectivity index (χ0n) is 13.4. The predicted octanol–water partition coefficient (Wildman–Crippen LogP) is 1.40. The average molecular weight is 293 g/mol. The third kappa shape index (κ3) is 5.73. The summed E-state index contributed by atoms with van der Waals surface area (Å²) in [7, 11) is 5.65. The fourth-order valence-corrected chi connectivity index (χ4v) is 2.13. The van der Waals surface area contributed by atoms with Gasteiger partial charge in [0.15, 0.2) is 0 Å². The van der Waals surface area contributed by atoms with E-state index in [9.17, 15) is 4.79 Å². The van der Waals surface area contributed by atoms with E-state index < -0.39 is 0 Å². The molecule has 1 rings (SSSR count). The van der Waals surface area contributed by atoms with Gasteiger partial charge in [0.1, 0.15) is 5.75 Å². The van der Waals surface area contributed by atoms with Crippen LogP contribution in [0.4, 0.5) is 0 Å². The maximum atomic E-state index is 11.9. The lowest BCUT2D eigenvalue weighted by Gasteiger charge is -2.25. The first-order valence-electron chi connectivity index (χ1n) is 7.25. The number of amides is 1. The zero-order valence-corrected chi connectivity index (χ0v) is 13.4. The Morgan fingerprint density at radius 1 is 1.43 bits per heavy atom. The molecule has 0 saturated heterocycles. The molecule has 1 aromatic carbocycles. The van der Waals surface area contributed by atoms with Gasteiger partial charge in [0.2, 0.25) is 5.91 Å². The van der Waals surface area contributed by atoms with E-state index in [1.165, 1.54) is 0 Å². The second-order valence-electron chi connectivity index (χ2n) is 5.61. The maximum absolute atomic E-state index is 11.9. The van der Waals surface area contributed by atoms with Crippen molar-refractivity contribution in [1.29, 1.82) is 0 Å². The van der Waals surface area contributed by atoms with Crippen LogP contribution in [0.1, 0.15) is 24.9 Å². The number of nitrogens with one attached hydrogen (secondary N) is 1. The molecular formula is C16H27N3O2. The third-order valence-corrected chi connectivity index (χ3v) is 3.53. The second kappa shape index (κ2) is 8.64. The van der Waals surface area contributed by atoms with Crippen LogP contribution in [0.15, 0.2) is 24.3 Å². The Bertz CT molecular complexity index is 449. The lowest BCUT2D eigenvalue weighted by atomic mass is 10.0. The number of carbonyl (C=O) groups is 1. The topological polar surface area (TPSA) is 67.6 Å². The van der Waals surface area contributed by atoms with E-state index in [1.54, 1.807) is 7.11 Å². The van der Waals surface area contributed by atoms with Gasteiger partial charge < -0.3 is 20.7 Å². The number of nitrogens with two attached hydrogens (primary N) is 1. The Kier molecular flexibility index (Phi) is 7.19. The van der Waals surface area contributed by atoms with Gasteiger partial charge in [-0.05, 0) is 44.3 Å². The SMILES string of the molecule is COc1cccc(C(CNC(=O)CC(C)CN)N(C)C)c1. The molecule has 0 heterocycles. The molecule has 2 atom stereocenters. The summed E-state index contributed by atoms with van der Waals surface area (Å²) in [6.45, 7) is 3.07. The highest BCUT2D eigenvalue weighted by atomic mass is 16.5. The Hall–Kier alpha value is -1.59. The molecule has 5 heteroatoms. The average Bonchev–Trinajstić information content (AvgIpc) is 2.47. The number of methoxy groups -OCH3 is 1. The number of nitrogens with zero attached hydrogens (tertiary/aromatic N) is 1. The van der Waals surface area contributed by atoms with Gasteiger partial charge in [-0.25, -0.2) is 0 Å². The van der Waals surface area contributed by atoms with Gasteiger partial charge in [-0.3, -0.25) is 4.79 Å². The lowest BCUT2D eigenvalue weighted by molar-refractivity contribution is -0.122. The van der Waals surface area contributed by atoms with E-state index in [0.29, 0.717) is 19.5 Å². The summed E-state index contributed by atoms with van der Waals surface area (Å²) in [4.78, 5) is 14.0. The Morgan fingerprint density at radius 2 is 2.14 bits per heavy atom. The minimum atomic E-state index is 0.0442. The third-order valence-electron chi connectivity index (χ3n) is 3.53. The van der Waals surface area contributed by atoms with Gasteiger partial charge >= 0.3 is 0 Å². The highest BCUT2D eigenvalue weighted by Crippen LogP contribution is 2.22. The van der Waals surface area contributed by atoms with E-state index in [4.69, 9.17) is 10.5 Å². The Balaban J connectivity index is 2.67. The van der Waals surface area contributed by atoms with Crippen molar-refractivity contribution >= 4 is 5.91 Å². The maximum Gasteiger partial charge on any atom is 0.220 e. The molecule has 0 bridgehead atoms. The van der Waals surface area contributed by atoms with Crippen LogP contribution >= 0.6 is 0 Å². The monoisotopic (exact) mass is 293 g/mol. The van der Waals surface area contributed by atoms with E-state index in [0.717, 1.165) is 11.3 Å². The first-order chi connectivity index (χ1) is 9.97. The summed E-state index contributed by atoms with van der Waals surface area (Å²) in [5, 5.41) is 2.99. The Labute approximate surface area is 127 Å². The molecule has 0 aromatic heterocycles. The number of hydrogen-bond donors (Lipinski definition) is 2. The zero-order chi connectivity index (χ0) is 15.8. The lowest BCUT2D eigenvalue weighted by Crippen LogP contribution is -2.35. The largest absolute Gasteiger partial charge is 0.497 e. The summed E-state index contributed by atoms with van der Waals surface area (Å²) >= 11 is 0. The van der Waals surface area contributed by atoms with Crippen molar-refractivity contribution < 1.29 is 9.53 Å². The molecule has 2 unspecified atom stereocenters. The standard InChI is InChI=1S/C16H27N3O2/c1-12(10-17)8-16(20)18-11-15(19(2)3)13-6-5-7-14(9-13)21-4/h5-7,9,12,15H,8,10-11,17H2,1-4H3,(H,18,20). The summed E-state index contributed by atoms with van der Waals surface area (Å²) in [6, 6.07) is 8.03. The van der Waals surface area contributed by atoms with Crippen molar-refractivity contribution in [2.75, 3.05) is 34.3 Å². The van der Waals surface area contributed by atoms with Crippen molar-refractivity contribution in [2.45, 2.75) is 19.4 Å². The van der Waals surface area contributed by atoms with Crippen LogP contribution in [-0.2, 0) is 4.79 Å². The van der Waals surface area contributed by atoms with Crippen molar-refractivity contribution in [1.82, 2.24) is 10.2 Å². The molecule has 0 aliphatic carbocycles. The summed E-state index contributed by atoms with van der Waals surface area (Å²) in [5.74, 6) is 1.07. The molecule has 3 N–H and O–H groups in total. The highest BCUT2D eigenvalue weighted by molar-refractivity contribution is 5.76. The quantitative estimate of drug-likeness (QED) is 0.760. The summed E-state index contributed by atoms with van der Waals surface area (Å²) < 4.78 is 5.26. The van der Waals surface area contributed by atoms with E-state index in [-0.39, 0.29) is 17.9 Å². The molecule has 0 spiro atoms. The molecule has 0 aliphatic heterocycles. The van der Waals surface area contributed by atoms with Crippen molar-refractivity contribution in [3.8, 4) is 5.75 Å². The van der Waals surface area contributed by atoms with Crippen molar-refractivity contribution in [3.63, 3.8) is 0 Å². The number of carbonyl (C=O) groups excluding carboxylic acids is 1. The van der Waals surface area contributed by atoms with E-state index in [1.807, 2.05) is 45.3 Å². The summed E-state index contributed by atoms with van der Waals surface area (Å²) in [5.41, 5.74) is 6.66. The van der Waals surface area contributed by atoms with Gasteiger partial charge in [0.05, 0.1) is 13.2 Å². The minimum Gasteiger partial charge on any atom is -0.497 e. The molecule has 0 fully saturated rings. The van der Waals surface area contributed by atoms with Crippen LogP contribution in [0.3, 0.4) is 0 Å². The molecule has 0 saturated carbocycles. The molecule has 118 valence electrons. The minimum absolute atomic E-state index is 0.0442. The molecule has 0 aliphatic rings. The van der Waals surface area contributed by atoms with Gasteiger partial charge in [-0.15, -0.1) is 0 Å². The van der Waals surface area contributed by atoms with Crippen LogP contribution in [0.2, 0.25) is 0 Å². The van der Waals surface area contributed by atoms with Gasteiger partial charge in [-0.2, -0.15) is 0 Å². The molecule has 21 heavy (non-hydrogen) atoms. The first-order valence-corrected chi connectivity index (χ1v) is 7.25. The first kappa shape index (κ1) is 17.5. The molecule has 1 aromatic rings. The molecule has 0 radical (unpaired) electrons. The van der Waals surface area contributed by atoms with Gasteiger partial charge in [0.25, 0.3) is 0 Å². The number of ether oxygens (including phenoxy) is 1. The predicted molar refractivity (Wildman–Crippen MR) is 85.3 cm³/mol. The van der Waals surface area contributed by atoms with Crippen LogP contribution in [0, 0.1) is 5.92 Å². The molecule has 5 nitrogen and oxygen atoms in total. The molecular weight excluding hydrogens is 266 g/mol. The van der Waals surface area contributed by atoms with Gasteiger partial charge in [-0.1, -0.05) is 19.1 Å². The number of likely N-dealkylation sites (N-methyl/N-ethyl adjacent to an activating group) is 1. The molecule has 1 amide bonds. The van der Waals surface area contributed by atoms with Gasteiger partial charge in [0, 0.05) is 13.0 Å². The van der Waals surface area contributed by atoms with Crippen molar-refractivity contribution in [3.05, 3.63) is 29.8 Å². The smallest absolute Gasteiger partial charge is 0.220 e. The number of hydrogen-bond acceptors (Lipinski definition) is 4. The van der Waals surface area contributed by atoms with Crippen LogP contribution in [-0.4, -0.2) is 45.1 Å². The van der Waals surface area contributed by atoms with Crippen LogP contribution in [0.5, 0.6) is 5.75 Å². The highest BCUT2D eigenvalue weighted by Gasteiger charge is 2.16. The van der Waals surface area contributed by atoms with Crippen LogP contribution in [0.25, 0.3) is 0 Å². The van der Waals surface area contributed by atoms with Crippen molar-refractivity contribution in [2.24, 2.45) is 11.7 Å². The number of rotatable bonds is 8. The fourth-order valence-electron chi connectivity index (χ4n) is 2.13. The van der Waals surface area contributed by atoms with E-state index >= 15 is 0 Å². The summed E-state index contributed by atoms with van der Waals surface area (Å²) in [6.07, 6.45) is 0.467.